The highest BCUT2D eigenvalue weighted by atomic mass is 16.5. The summed E-state index contributed by atoms with van der Waals surface area (Å²) < 4.78 is 6.09. The fourth-order valence-electron chi connectivity index (χ4n) is 6.16. The summed E-state index contributed by atoms with van der Waals surface area (Å²) in [5, 5.41) is 5.01. The van der Waals surface area contributed by atoms with Crippen LogP contribution < -0.4 is 15.0 Å². The molecule has 2 aliphatic carbocycles. The monoisotopic (exact) mass is 500 g/mol. The number of ether oxygens (including phenoxy) is 1. The summed E-state index contributed by atoms with van der Waals surface area (Å²) >= 11 is 0. The summed E-state index contributed by atoms with van der Waals surface area (Å²) in [7, 11) is 0. The van der Waals surface area contributed by atoms with Crippen LogP contribution in [0.25, 0.3) is 10.8 Å². The van der Waals surface area contributed by atoms with Gasteiger partial charge in [-0.3, -0.25) is 14.4 Å². The zero-order valence-electron chi connectivity index (χ0n) is 20.4. The predicted octanol–water partition coefficient (Wildman–Crippen LogP) is 6.20. The lowest BCUT2D eigenvalue weighted by atomic mass is 9.85. The molecule has 186 valence electrons. The Labute approximate surface area is 219 Å². The average molecular weight is 501 g/mol. The van der Waals surface area contributed by atoms with Crippen LogP contribution in [0.15, 0.2) is 103 Å². The summed E-state index contributed by atoms with van der Waals surface area (Å²) in [5.74, 6) is 0.519. The van der Waals surface area contributed by atoms with Gasteiger partial charge in [-0.25, -0.2) is 4.90 Å². The normalized spacial score (nSPS) is 23.2. The molecule has 1 saturated heterocycles. The minimum atomic E-state index is -0.324. The van der Waals surface area contributed by atoms with Crippen molar-refractivity contribution in [2.45, 2.75) is 6.42 Å². The molecule has 3 aliphatic rings. The van der Waals surface area contributed by atoms with E-state index in [1.807, 2.05) is 42.5 Å². The number of amides is 3. The molecule has 0 spiro atoms. The van der Waals surface area contributed by atoms with Gasteiger partial charge in [0, 0.05) is 16.6 Å². The highest BCUT2D eigenvalue weighted by Gasteiger charge is 2.59. The second kappa shape index (κ2) is 8.70. The lowest BCUT2D eigenvalue weighted by Gasteiger charge is -2.18. The SMILES string of the molecule is O=C(Nc1ccc(Oc2cccc3ccccc23)cc1)c1cccc(N2C(=O)[C@@H]3[C@H](C2=O)[C@@H]2C=C[C@H]3C2)c1. The van der Waals surface area contributed by atoms with E-state index in [-0.39, 0.29) is 41.4 Å². The molecule has 0 aromatic heterocycles. The van der Waals surface area contributed by atoms with Crippen LogP contribution in [0.2, 0.25) is 0 Å². The fourth-order valence-corrected chi connectivity index (χ4v) is 6.16. The zero-order chi connectivity index (χ0) is 25.8. The van der Waals surface area contributed by atoms with E-state index in [4.69, 9.17) is 4.74 Å². The van der Waals surface area contributed by atoms with Gasteiger partial charge in [0.05, 0.1) is 17.5 Å². The van der Waals surface area contributed by atoms with Crippen molar-refractivity contribution in [1.82, 2.24) is 0 Å². The minimum absolute atomic E-state index is 0.144. The number of rotatable bonds is 5. The molecule has 1 saturated carbocycles. The Morgan fingerprint density at radius 2 is 1.47 bits per heavy atom. The molecule has 4 atom stereocenters. The van der Waals surface area contributed by atoms with E-state index in [1.165, 1.54) is 4.90 Å². The Morgan fingerprint density at radius 3 is 2.24 bits per heavy atom. The third-order valence-electron chi connectivity index (χ3n) is 7.93. The van der Waals surface area contributed by atoms with Crippen molar-refractivity contribution < 1.29 is 19.1 Å². The van der Waals surface area contributed by atoms with Gasteiger partial charge in [-0.05, 0) is 72.2 Å². The number of anilines is 2. The molecule has 4 aromatic carbocycles. The Kier molecular flexibility index (Phi) is 5.15. The van der Waals surface area contributed by atoms with Crippen LogP contribution in [0.4, 0.5) is 11.4 Å². The van der Waals surface area contributed by atoms with E-state index in [9.17, 15) is 14.4 Å². The molecule has 1 aliphatic heterocycles. The van der Waals surface area contributed by atoms with Crippen molar-refractivity contribution in [3.8, 4) is 11.5 Å². The number of fused-ring (bicyclic) bond motifs is 6. The summed E-state index contributed by atoms with van der Waals surface area (Å²) in [5.41, 5.74) is 1.42. The standard InChI is InChI=1S/C32H24N2O4/c35-30(33-23-13-15-25(16-14-23)38-27-10-4-6-19-5-1-2-9-26(19)27)22-7-3-8-24(18-22)34-31(36)28-20-11-12-21(17-20)29(28)32(34)37/h1-16,18,20-21,28-29H,17H2,(H,33,35)/t20-,21+,28-,29+. The molecule has 38 heavy (non-hydrogen) atoms. The molecule has 0 radical (unpaired) electrons. The summed E-state index contributed by atoms with van der Waals surface area (Å²) in [6.07, 6.45) is 5.03. The van der Waals surface area contributed by atoms with Gasteiger partial charge in [0.25, 0.3) is 5.91 Å². The maximum absolute atomic E-state index is 13.2. The molecular formula is C32H24N2O4. The van der Waals surface area contributed by atoms with E-state index in [1.54, 1.807) is 48.5 Å². The van der Waals surface area contributed by atoms with Gasteiger partial charge in [0.1, 0.15) is 11.5 Å². The lowest BCUT2D eigenvalue weighted by Crippen LogP contribution is -2.33. The highest BCUT2D eigenvalue weighted by molar-refractivity contribution is 6.23. The maximum Gasteiger partial charge on any atom is 0.255 e. The summed E-state index contributed by atoms with van der Waals surface area (Å²) in [6, 6.07) is 27.8. The van der Waals surface area contributed by atoms with E-state index >= 15 is 0 Å². The van der Waals surface area contributed by atoms with E-state index < -0.39 is 0 Å². The molecule has 6 nitrogen and oxygen atoms in total. The molecule has 1 heterocycles. The first-order valence-electron chi connectivity index (χ1n) is 12.8. The molecule has 0 unspecified atom stereocenters. The van der Waals surface area contributed by atoms with E-state index in [2.05, 4.69) is 17.5 Å². The maximum atomic E-state index is 13.2. The fraction of sp³-hybridized carbons (Fsp3) is 0.156. The van der Waals surface area contributed by atoms with Crippen molar-refractivity contribution in [2.24, 2.45) is 23.7 Å². The average Bonchev–Trinajstić information content (AvgIpc) is 3.63. The minimum Gasteiger partial charge on any atom is -0.457 e. The van der Waals surface area contributed by atoms with Crippen LogP contribution in [0.3, 0.4) is 0 Å². The van der Waals surface area contributed by atoms with E-state index in [0.29, 0.717) is 22.7 Å². The Bertz CT molecular complexity index is 1610. The second-order valence-corrected chi connectivity index (χ2v) is 10.1. The molecule has 3 amide bonds. The number of allylic oxidation sites excluding steroid dienone is 2. The number of carbonyl (C=O) groups excluding carboxylic acids is 3. The first kappa shape index (κ1) is 22.5. The number of nitrogens with zero attached hydrogens (tertiary/aromatic N) is 1. The number of imide groups is 1. The van der Waals surface area contributed by atoms with Crippen molar-refractivity contribution >= 4 is 39.9 Å². The Balaban J connectivity index is 1.06. The molecule has 2 bridgehead atoms. The molecule has 4 aromatic rings. The lowest BCUT2D eigenvalue weighted by molar-refractivity contribution is -0.123. The molecule has 1 N–H and O–H groups in total. The summed E-state index contributed by atoms with van der Waals surface area (Å²) in [4.78, 5) is 40.6. The first-order chi connectivity index (χ1) is 18.6. The van der Waals surface area contributed by atoms with Gasteiger partial charge in [-0.1, -0.05) is 54.6 Å². The van der Waals surface area contributed by atoms with E-state index in [0.717, 1.165) is 22.9 Å². The van der Waals surface area contributed by atoms with Crippen LogP contribution in [-0.2, 0) is 9.59 Å². The molecular weight excluding hydrogens is 476 g/mol. The number of carbonyl (C=O) groups is 3. The van der Waals surface area contributed by atoms with Crippen LogP contribution in [0.5, 0.6) is 11.5 Å². The third kappa shape index (κ3) is 3.60. The quantitative estimate of drug-likeness (QED) is 0.262. The van der Waals surface area contributed by atoms with Crippen molar-refractivity contribution in [3.05, 3.63) is 109 Å². The highest BCUT2D eigenvalue weighted by Crippen LogP contribution is 2.53. The third-order valence-corrected chi connectivity index (χ3v) is 7.93. The number of hydrogen-bond donors (Lipinski definition) is 1. The molecule has 7 rings (SSSR count). The van der Waals surface area contributed by atoms with Crippen LogP contribution >= 0.6 is 0 Å². The number of nitrogens with one attached hydrogen (secondary N) is 1. The first-order valence-corrected chi connectivity index (χ1v) is 12.8. The second-order valence-electron chi connectivity index (χ2n) is 10.1. The molecule has 2 fully saturated rings. The van der Waals surface area contributed by atoms with Gasteiger partial charge >= 0.3 is 0 Å². The zero-order valence-corrected chi connectivity index (χ0v) is 20.4. The van der Waals surface area contributed by atoms with Crippen LogP contribution in [0, 0.1) is 23.7 Å². The Morgan fingerprint density at radius 1 is 0.789 bits per heavy atom. The largest absolute Gasteiger partial charge is 0.457 e. The Hall–Kier alpha value is -4.71. The van der Waals surface area contributed by atoms with Crippen molar-refractivity contribution in [1.29, 1.82) is 0 Å². The predicted molar refractivity (Wildman–Crippen MR) is 145 cm³/mol. The van der Waals surface area contributed by atoms with Crippen molar-refractivity contribution in [2.75, 3.05) is 10.2 Å². The summed E-state index contributed by atoms with van der Waals surface area (Å²) in [6.45, 7) is 0. The molecule has 6 heteroatoms. The smallest absolute Gasteiger partial charge is 0.255 e. The van der Waals surface area contributed by atoms with Crippen LogP contribution in [-0.4, -0.2) is 17.7 Å². The van der Waals surface area contributed by atoms with Gasteiger partial charge in [-0.2, -0.15) is 0 Å². The van der Waals surface area contributed by atoms with Crippen LogP contribution in [0.1, 0.15) is 16.8 Å². The topological polar surface area (TPSA) is 75.7 Å². The number of hydrogen-bond acceptors (Lipinski definition) is 4. The van der Waals surface area contributed by atoms with Crippen molar-refractivity contribution in [3.63, 3.8) is 0 Å². The van der Waals surface area contributed by atoms with Gasteiger partial charge < -0.3 is 10.1 Å². The van der Waals surface area contributed by atoms with Gasteiger partial charge in [0.15, 0.2) is 0 Å². The number of benzene rings is 4. The van der Waals surface area contributed by atoms with Gasteiger partial charge in [0.2, 0.25) is 11.8 Å². The van der Waals surface area contributed by atoms with Gasteiger partial charge in [-0.15, -0.1) is 0 Å².